The van der Waals surface area contributed by atoms with Gasteiger partial charge in [-0.3, -0.25) is 4.79 Å². The summed E-state index contributed by atoms with van der Waals surface area (Å²) in [5.41, 5.74) is 4.16. The number of hydrogen-bond acceptors (Lipinski definition) is 7. The molecule has 33 heavy (non-hydrogen) atoms. The maximum Gasteiger partial charge on any atom is 0.310 e. The average molecular weight is 460 g/mol. The molecule has 0 bridgehead atoms. The Bertz CT molecular complexity index is 895. The van der Waals surface area contributed by atoms with Gasteiger partial charge in [0.1, 0.15) is 11.6 Å². The lowest BCUT2D eigenvalue weighted by Gasteiger charge is -2.18. The quantitative estimate of drug-likeness (QED) is 0.387. The number of esters is 1. The van der Waals surface area contributed by atoms with E-state index in [0.29, 0.717) is 18.1 Å². The molecule has 7 nitrogen and oxygen atoms in total. The van der Waals surface area contributed by atoms with Crippen LogP contribution in [0, 0.1) is 19.3 Å². The van der Waals surface area contributed by atoms with Gasteiger partial charge in [-0.15, -0.1) is 0 Å². The number of nitrogens with one attached hydrogen (secondary N) is 2. The third-order valence-electron chi connectivity index (χ3n) is 4.32. The van der Waals surface area contributed by atoms with Gasteiger partial charge < -0.3 is 25.3 Å². The van der Waals surface area contributed by atoms with Crippen molar-refractivity contribution in [3.63, 3.8) is 0 Å². The first kappa shape index (κ1) is 30.1. The minimum Gasteiger partial charge on any atom is -0.497 e. The average Bonchev–Trinajstić information content (AvgIpc) is 2.75. The van der Waals surface area contributed by atoms with Crippen LogP contribution in [-0.4, -0.2) is 41.6 Å². The molecule has 0 saturated heterocycles. The summed E-state index contributed by atoms with van der Waals surface area (Å²) in [7, 11) is 3.01. The van der Waals surface area contributed by atoms with Gasteiger partial charge >= 0.3 is 5.97 Å². The van der Waals surface area contributed by atoms with Gasteiger partial charge in [0.25, 0.3) is 0 Å². The molecular formula is C26H41N3O4. The zero-order valence-corrected chi connectivity index (χ0v) is 21.8. The van der Waals surface area contributed by atoms with E-state index in [1.807, 2.05) is 52.0 Å². The maximum absolute atomic E-state index is 11.7. The van der Waals surface area contributed by atoms with Crippen molar-refractivity contribution in [2.24, 2.45) is 0 Å². The Hall–Kier alpha value is -2.93. The highest BCUT2D eigenvalue weighted by Gasteiger charge is 2.18. The molecule has 0 spiro atoms. The monoisotopic (exact) mass is 459 g/mol. The van der Waals surface area contributed by atoms with Crippen LogP contribution < -0.4 is 10.1 Å². The standard InChI is InChI=1S/C20H25N3O3.C4H10O.C2H6/c1-12-17(10-18(24)26-5)14(3)23-20(19(12)13(2)21)22-11-15-6-8-16(25-4)9-7-15;1-4(2,3)5;1-2/h6-9,21H,10-11H2,1-5H3,(H,22,23);5H,1-3H3;1-2H3. The first-order chi connectivity index (χ1) is 15.4. The summed E-state index contributed by atoms with van der Waals surface area (Å²) < 4.78 is 9.94. The number of benzene rings is 1. The van der Waals surface area contributed by atoms with Gasteiger partial charge in [0.2, 0.25) is 0 Å². The number of aryl methyl sites for hydroxylation is 1. The topological polar surface area (TPSA) is 105 Å². The van der Waals surface area contributed by atoms with Crippen LogP contribution in [0.25, 0.3) is 0 Å². The molecule has 0 aliphatic heterocycles. The second-order valence-electron chi connectivity index (χ2n) is 8.27. The SMILES string of the molecule is CC.CC(C)(C)O.COC(=O)Cc1c(C)nc(NCc2ccc(OC)cc2)c(C(C)=N)c1C. The molecular weight excluding hydrogens is 418 g/mol. The highest BCUT2D eigenvalue weighted by Crippen LogP contribution is 2.25. The fourth-order valence-electron chi connectivity index (χ4n) is 2.88. The summed E-state index contributed by atoms with van der Waals surface area (Å²) in [5, 5.41) is 20.0. The number of aromatic nitrogens is 1. The third kappa shape index (κ3) is 11.0. The minimum absolute atomic E-state index is 0.153. The van der Waals surface area contributed by atoms with Gasteiger partial charge in [0.05, 0.1) is 26.2 Å². The van der Waals surface area contributed by atoms with E-state index in [2.05, 4.69) is 10.3 Å². The summed E-state index contributed by atoms with van der Waals surface area (Å²) in [6.07, 6.45) is 0.153. The van der Waals surface area contributed by atoms with Crippen molar-refractivity contribution >= 4 is 17.5 Å². The number of ether oxygens (including phenoxy) is 2. The number of carbonyl (C=O) groups excluding carboxylic acids is 1. The number of nitrogens with zero attached hydrogens (tertiary/aromatic N) is 1. The normalized spacial score (nSPS) is 10.2. The Kier molecular flexibility index (Phi) is 13.0. The van der Waals surface area contributed by atoms with E-state index in [4.69, 9.17) is 20.0 Å². The lowest BCUT2D eigenvalue weighted by molar-refractivity contribution is -0.139. The van der Waals surface area contributed by atoms with Crippen LogP contribution in [-0.2, 0) is 22.5 Å². The van der Waals surface area contributed by atoms with Crippen molar-refractivity contribution in [2.75, 3.05) is 19.5 Å². The highest BCUT2D eigenvalue weighted by atomic mass is 16.5. The van der Waals surface area contributed by atoms with Gasteiger partial charge in [-0.2, -0.15) is 0 Å². The molecule has 0 amide bonds. The molecule has 1 aromatic heterocycles. The first-order valence-electron chi connectivity index (χ1n) is 11.1. The first-order valence-corrected chi connectivity index (χ1v) is 11.1. The highest BCUT2D eigenvalue weighted by molar-refractivity contribution is 6.02. The fraction of sp³-hybridized carbons (Fsp3) is 0.500. The van der Waals surface area contributed by atoms with Crippen molar-refractivity contribution in [3.8, 4) is 5.75 Å². The molecule has 0 fully saturated rings. The Balaban J connectivity index is 0.00000129. The summed E-state index contributed by atoms with van der Waals surface area (Å²) in [6.45, 7) is 15.3. The van der Waals surface area contributed by atoms with E-state index in [-0.39, 0.29) is 12.4 Å². The number of anilines is 1. The Labute approximate surface area is 199 Å². The molecule has 0 radical (unpaired) electrons. The largest absolute Gasteiger partial charge is 0.497 e. The lowest BCUT2D eigenvalue weighted by Crippen LogP contribution is -2.15. The smallest absolute Gasteiger partial charge is 0.310 e. The van der Waals surface area contributed by atoms with Crippen LogP contribution >= 0.6 is 0 Å². The second kappa shape index (κ2) is 14.3. The number of rotatable bonds is 7. The number of carbonyl (C=O) groups is 1. The number of pyridine rings is 1. The van der Waals surface area contributed by atoms with Gasteiger partial charge in [-0.05, 0) is 70.4 Å². The van der Waals surface area contributed by atoms with Crippen LogP contribution in [0.4, 0.5) is 5.82 Å². The van der Waals surface area contributed by atoms with E-state index < -0.39 is 5.60 Å². The van der Waals surface area contributed by atoms with Crippen LogP contribution in [0.3, 0.4) is 0 Å². The summed E-state index contributed by atoms with van der Waals surface area (Å²) in [6, 6.07) is 7.77. The zero-order chi connectivity index (χ0) is 25.8. The summed E-state index contributed by atoms with van der Waals surface area (Å²) in [5.74, 6) is 1.14. The van der Waals surface area contributed by atoms with E-state index in [0.717, 1.165) is 33.7 Å². The van der Waals surface area contributed by atoms with Crippen LogP contribution in [0.15, 0.2) is 24.3 Å². The molecule has 2 rings (SSSR count). The van der Waals surface area contributed by atoms with Crippen molar-refractivity contribution in [2.45, 2.75) is 74.0 Å². The van der Waals surface area contributed by atoms with Crippen molar-refractivity contribution in [1.82, 2.24) is 4.98 Å². The summed E-state index contributed by atoms with van der Waals surface area (Å²) in [4.78, 5) is 16.3. The van der Waals surface area contributed by atoms with Gasteiger partial charge in [0, 0.05) is 23.5 Å². The number of methoxy groups -OCH3 is 2. The molecule has 0 saturated carbocycles. The maximum atomic E-state index is 11.7. The molecule has 3 N–H and O–H groups in total. The fourth-order valence-corrected chi connectivity index (χ4v) is 2.88. The van der Waals surface area contributed by atoms with E-state index in [9.17, 15) is 4.79 Å². The van der Waals surface area contributed by atoms with E-state index in [1.165, 1.54) is 7.11 Å². The second-order valence-corrected chi connectivity index (χ2v) is 8.27. The van der Waals surface area contributed by atoms with E-state index in [1.54, 1.807) is 34.8 Å². The molecule has 1 aromatic carbocycles. The number of hydrogen-bond donors (Lipinski definition) is 3. The van der Waals surface area contributed by atoms with E-state index >= 15 is 0 Å². The van der Waals surface area contributed by atoms with Crippen LogP contribution in [0.1, 0.15) is 69.5 Å². The third-order valence-corrected chi connectivity index (χ3v) is 4.32. The molecule has 0 aliphatic rings. The lowest BCUT2D eigenvalue weighted by atomic mass is 9.96. The minimum atomic E-state index is -0.500. The molecule has 0 atom stereocenters. The molecule has 0 aliphatic carbocycles. The molecule has 0 unspecified atom stereocenters. The molecule has 1 heterocycles. The van der Waals surface area contributed by atoms with Crippen LogP contribution in [0.2, 0.25) is 0 Å². The van der Waals surface area contributed by atoms with Crippen molar-refractivity contribution < 1.29 is 19.4 Å². The Morgan fingerprint density at radius 1 is 1.12 bits per heavy atom. The van der Waals surface area contributed by atoms with Crippen molar-refractivity contribution in [3.05, 3.63) is 52.2 Å². The number of aliphatic hydroxyl groups is 1. The van der Waals surface area contributed by atoms with Crippen molar-refractivity contribution in [1.29, 1.82) is 5.41 Å². The van der Waals surface area contributed by atoms with Gasteiger partial charge in [-0.1, -0.05) is 26.0 Å². The zero-order valence-electron chi connectivity index (χ0n) is 21.8. The Morgan fingerprint density at radius 2 is 1.64 bits per heavy atom. The van der Waals surface area contributed by atoms with Gasteiger partial charge in [-0.25, -0.2) is 4.98 Å². The molecule has 2 aromatic rings. The molecule has 7 heteroatoms. The van der Waals surface area contributed by atoms with Crippen LogP contribution in [0.5, 0.6) is 5.75 Å². The summed E-state index contributed by atoms with van der Waals surface area (Å²) >= 11 is 0. The predicted octanol–water partition coefficient (Wildman–Crippen LogP) is 5.23. The molecule has 184 valence electrons. The Morgan fingerprint density at radius 3 is 2.06 bits per heavy atom. The van der Waals surface area contributed by atoms with Gasteiger partial charge in [0.15, 0.2) is 0 Å². The predicted molar refractivity (Wildman–Crippen MR) is 136 cm³/mol.